The van der Waals surface area contributed by atoms with Crippen LogP contribution >= 0.6 is 0 Å². The number of fused-ring (bicyclic) bond motifs is 4. The minimum absolute atomic E-state index is 0.0504. The summed E-state index contributed by atoms with van der Waals surface area (Å²) in [7, 11) is 4.68. The first-order chi connectivity index (χ1) is 14.0. The van der Waals surface area contributed by atoms with E-state index in [1.807, 2.05) is 33.7 Å². The lowest BCUT2D eigenvalue weighted by Crippen LogP contribution is -2.49. The molecule has 0 unspecified atom stereocenters. The van der Waals surface area contributed by atoms with E-state index in [-0.39, 0.29) is 23.8 Å². The van der Waals surface area contributed by atoms with Crippen LogP contribution in [-0.4, -0.2) is 49.8 Å². The average Bonchev–Trinajstić information content (AvgIpc) is 2.73. The molecule has 0 radical (unpaired) electrons. The Morgan fingerprint density at radius 1 is 1.03 bits per heavy atom. The minimum atomic E-state index is 0.0504. The van der Waals surface area contributed by atoms with Crippen molar-refractivity contribution < 1.29 is 19.0 Å². The van der Waals surface area contributed by atoms with Crippen LogP contribution < -0.4 is 19.8 Å². The second kappa shape index (κ2) is 7.81. The molecule has 0 N–H and O–H groups in total. The standard InChI is InChI=1S/C22H26N2O5/c1-27-18-8-14(9-19(28-2)22(18)29-3)10-21(26)23-11-15-7-16(13-23)17-5-4-6-20(25)24(17)12-15/h4-6,8-9,15-16H,7,10-13H2,1-3H3/t15-,16+/m1/s1. The van der Waals surface area contributed by atoms with Gasteiger partial charge in [-0.25, -0.2) is 0 Å². The van der Waals surface area contributed by atoms with E-state index < -0.39 is 0 Å². The number of ether oxygens (including phenoxy) is 3. The number of likely N-dealkylation sites (tertiary alicyclic amines) is 1. The van der Waals surface area contributed by atoms with Crippen LogP contribution in [-0.2, 0) is 17.8 Å². The molecule has 0 spiro atoms. The summed E-state index contributed by atoms with van der Waals surface area (Å²) in [6, 6.07) is 9.07. The number of piperidine rings is 1. The molecule has 1 aromatic carbocycles. The molecule has 2 aliphatic heterocycles. The van der Waals surface area contributed by atoms with E-state index in [0.717, 1.165) is 17.7 Å². The summed E-state index contributed by atoms with van der Waals surface area (Å²) in [6.07, 6.45) is 1.29. The van der Waals surface area contributed by atoms with Crippen LogP contribution in [0.4, 0.5) is 0 Å². The molecule has 1 aromatic heterocycles. The van der Waals surface area contributed by atoms with E-state index in [2.05, 4.69) is 0 Å². The predicted octanol–water partition coefficient (Wildman–Crippen LogP) is 2.06. The number of hydrogen-bond acceptors (Lipinski definition) is 5. The monoisotopic (exact) mass is 398 g/mol. The number of carbonyl (C=O) groups is 1. The zero-order valence-corrected chi connectivity index (χ0v) is 17.0. The Morgan fingerprint density at radius 3 is 2.41 bits per heavy atom. The number of methoxy groups -OCH3 is 3. The predicted molar refractivity (Wildman–Crippen MR) is 108 cm³/mol. The van der Waals surface area contributed by atoms with Gasteiger partial charge in [-0.2, -0.15) is 0 Å². The lowest BCUT2D eigenvalue weighted by Gasteiger charge is -2.42. The Bertz CT molecular complexity index is 958. The number of amides is 1. The summed E-state index contributed by atoms with van der Waals surface area (Å²) in [6.45, 7) is 2.00. The van der Waals surface area contributed by atoms with Gasteiger partial charge in [0.15, 0.2) is 11.5 Å². The maximum atomic E-state index is 13.1. The highest BCUT2D eigenvalue weighted by Crippen LogP contribution is 2.39. The fourth-order valence-electron chi connectivity index (χ4n) is 4.62. The topological polar surface area (TPSA) is 70.0 Å². The van der Waals surface area contributed by atoms with Gasteiger partial charge in [0.2, 0.25) is 11.7 Å². The van der Waals surface area contributed by atoms with Crippen molar-refractivity contribution in [3.05, 3.63) is 51.9 Å². The number of aromatic nitrogens is 1. The molecule has 0 aliphatic carbocycles. The molecule has 7 nitrogen and oxygen atoms in total. The number of carbonyl (C=O) groups excluding carboxylic acids is 1. The van der Waals surface area contributed by atoms with Crippen molar-refractivity contribution in [3.8, 4) is 17.2 Å². The molecule has 2 atom stereocenters. The highest BCUT2D eigenvalue weighted by molar-refractivity contribution is 5.79. The van der Waals surface area contributed by atoms with Gasteiger partial charge in [-0.05, 0) is 36.1 Å². The summed E-state index contributed by atoms with van der Waals surface area (Å²) in [5, 5.41) is 0. The van der Waals surface area contributed by atoms with Gasteiger partial charge in [0, 0.05) is 37.3 Å². The Labute approximate surface area is 169 Å². The molecular weight excluding hydrogens is 372 g/mol. The molecule has 4 rings (SSSR count). The van der Waals surface area contributed by atoms with Gasteiger partial charge in [0.25, 0.3) is 5.56 Å². The molecule has 2 aliphatic rings. The SMILES string of the molecule is COc1cc(CC(=O)N2C[C@H]3C[C@@H](C2)c2cccc(=O)n2C3)cc(OC)c1OC. The van der Waals surface area contributed by atoms with Crippen LogP contribution in [0.3, 0.4) is 0 Å². The molecule has 1 saturated heterocycles. The summed E-state index contributed by atoms with van der Waals surface area (Å²) in [4.78, 5) is 27.2. The first-order valence-electron chi connectivity index (χ1n) is 9.80. The van der Waals surface area contributed by atoms with Crippen molar-refractivity contribution in [2.24, 2.45) is 5.92 Å². The molecule has 1 fully saturated rings. The second-order valence-corrected chi connectivity index (χ2v) is 7.71. The van der Waals surface area contributed by atoms with Gasteiger partial charge in [-0.1, -0.05) is 6.07 Å². The van der Waals surface area contributed by atoms with Crippen LogP contribution in [0.15, 0.2) is 35.1 Å². The van der Waals surface area contributed by atoms with E-state index >= 15 is 0 Å². The number of nitrogens with zero attached hydrogens (tertiary/aromatic N) is 2. The fraction of sp³-hybridized carbons (Fsp3) is 0.455. The number of rotatable bonds is 5. The molecule has 7 heteroatoms. The van der Waals surface area contributed by atoms with Gasteiger partial charge >= 0.3 is 0 Å². The summed E-state index contributed by atoms with van der Waals surface area (Å²) in [5.41, 5.74) is 1.91. The highest BCUT2D eigenvalue weighted by atomic mass is 16.5. The van der Waals surface area contributed by atoms with Crippen LogP contribution in [0.1, 0.15) is 23.6 Å². The van der Waals surface area contributed by atoms with Gasteiger partial charge < -0.3 is 23.7 Å². The van der Waals surface area contributed by atoms with Gasteiger partial charge in [-0.3, -0.25) is 9.59 Å². The third kappa shape index (κ3) is 3.57. The molecule has 154 valence electrons. The maximum absolute atomic E-state index is 13.1. The van der Waals surface area contributed by atoms with E-state index in [4.69, 9.17) is 14.2 Å². The summed E-state index contributed by atoms with van der Waals surface area (Å²) < 4.78 is 18.0. The summed E-state index contributed by atoms with van der Waals surface area (Å²) in [5.74, 6) is 2.18. The second-order valence-electron chi connectivity index (χ2n) is 7.71. The average molecular weight is 398 g/mol. The lowest BCUT2D eigenvalue weighted by atomic mass is 9.83. The summed E-state index contributed by atoms with van der Waals surface area (Å²) >= 11 is 0. The molecule has 2 aromatic rings. The molecule has 3 heterocycles. The van der Waals surface area contributed by atoms with Gasteiger partial charge in [0.05, 0.1) is 27.8 Å². The van der Waals surface area contributed by atoms with Gasteiger partial charge in [-0.15, -0.1) is 0 Å². The van der Waals surface area contributed by atoms with E-state index in [9.17, 15) is 9.59 Å². The smallest absolute Gasteiger partial charge is 0.250 e. The maximum Gasteiger partial charge on any atom is 0.250 e. The molecule has 1 amide bonds. The number of hydrogen-bond donors (Lipinski definition) is 0. The van der Waals surface area contributed by atoms with Crippen molar-refractivity contribution in [1.29, 1.82) is 0 Å². The van der Waals surface area contributed by atoms with Crippen LogP contribution in [0.5, 0.6) is 17.2 Å². The molecule has 29 heavy (non-hydrogen) atoms. The van der Waals surface area contributed by atoms with Crippen molar-refractivity contribution in [2.75, 3.05) is 34.4 Å². The minimum Gasteiger partial charge on any atom is -0.493 e. The quantitative estimate of drug-likeness (QED) is 0.771. The van der Waals surface area contributed by atoms with Crippen molar-refractivity contribution in [2.45, 2.75) is 25.3 Å². The number of pyridine rings is 1. The van der Waals surface area contributed by atoms with Crippen LogP contribution in [0, 0.1) is 5.92 Å². The van der Waals surface area contributed by atoms with E-state index in [1.54, 1.807) is 27.4 Å². The van der Waals surface area contributed by atoms with Crippen LogP contribution in [0.25, 0.3) is 0 Å². The normalized spacial score (nSPS) is 20.0. The van der Waals surface area contributed by atoms with E-state index in [0.29, 0.717) is 42.8 Å². The zero-order valence-electron chi connectivity index (χ0n) is 17.0. The molecule has 2 bridgehead atoms. The largest absolute Gasteiger partial charge is 0.493 e. The van der Waals surface area contributed by atoms with E-state index in [1.165, 1.54) is 0 Å². The third-order valence-corrected chi connectivity index (χ3v) is 5.91. The Morgan fingerprint density at radius 2 is 1.76 bits per heavy atom. The molecular formula is C22H26N2O5. The highest BCUT2D eigenvalue weighted by Gasteiger charge is 2.36. The Hall–Kier alpha value is -2.96. The first kappa shape index (κ1) is 19.4. The van der Waals surface area contributed by atoms with Crippen molar-refractivity contribution in [3.63, 3.8) is 0 Å². The van der Waals surface area contributed by atoms with Gasteiger partial charge in [0.1, 0.15) is 0 Å². The third-order valence-electron chi connectivity index (χ3n) is 5.91. The fourth-order valence-corrected chi connectivity index (χ4v) is 4.62. The Balaban J connectivity index is 1.54. The van der Waals surface area contributed by atoms with Crippen LogP contribution in [0.2, 0.25) is 0 Å². The van der Waals surface area contributed by atoms with Crippen molar-refractivity contribution >= 4 is 5.91 Å². The van der Waals surface area contributed by atoms with Crippen molar-refractivity contribution in [1.82, 2.24) is 9.47 Å². The number of benzene rings is 1. The lowest BCUT2D eigenvalue weighted by molar-refractivity contribution is -0.133. The Kier molecular flexibility index (Phi) is 5.22. The zero-order chi connectivity index (χ0) is 20.5. The molecule has 0 saturated carbocycles. The first-order valence-corrected chi connectivity index (χ1v) is 9.80.